The summed E-state index contributed by atoms with van der Waals surface area (Å²) < 4.78 is 25.1. The molecule has 1 aromatic rings. The van der Waals surface area contributed by atoms with Gasteiger partial charge in [-0.05, 0) is 30.5 Å². The normalized spacial score (nSPS) is 11.8. The van der Waals surface area contributed by atoms with E-state index in [1.807, 2.05) is 12.3 Å². The molecule has 5 heteroatoms. The van der Waals surface area contributed by atoms with Crippen molar-refractivity contribution in [3.8, 4) is 0 Å². The van der Waals surface area contributed by atoms with Gasteiger partial charge in [0.15, 0.2) is 0 Å². The maximum absolute atomic E-state index is 11.2. The van der Waals surface area contributed by atoms with E-state index in [2.05, 4.69) is 4.72 Å². The largest absolute Gasteiger partial charge is 0.249 e. The zero-order valence-electron chi connectivity index (χ0n) is 6.99. The average molecular weight is 205 g/mol. The Bertz CT molecular complexity index is 353. The molecule has 1 heterocycles. The lowest BCUT2D eigenvalue weighted by Gasteiger charge is -1.95. The van der Waals surface area contributed by atoms with Crippen LogP contribution >= 0.6 is 11.3 Å². The van der Waals surface area contributed by atoms with E-state index in [0.29, 0.717) is 4.21 Å². The van der Waals surface area contributed by atoms with Crippen molar-refractivity contribution in [1.29, 1.82) is 0 Å². The molecule has 0 aliphatic heterocycles. The van der Waals surface area contributed by atoms with E-state index in [4.69, 9.17) is 0 Å². The van der Waals surface area contributed by atoms with Gasteiger partial charge in [0.1, 0.15) is 4.21 Å². The molecule has 0 spiro atoms. The number of sulfonamides is 1. The van der Waals surface area contributed by atoms with Crippen molar-refractivity contribution >= 4 is 21.4 Å². The topological polar surface area (TPSA) is 46.2 Å². The Balaban J connectivity index is 3.05. The van der Waals surface area contributed by atoms with Crippen LogP contribution in [-0.2, 0) is 16.4 Å². The standard InChI is InChI=1S/C7H11NO2S2/c1-3-6-4-7(11-5-6)12(9,10)8-2/h4-5,8H,3H2,1-2H3. The van der Waals surface area contributed by atoms with Crippen LogP contribution in [0.25, 0.3) is 0 Å². The highest BCUT2D eigenvalue weighted by Gasteiger charge is 2.12. The molecular weight excluding hydrogens is 194 g/mol. The third-order valence-corrected chi connectivity index (χ3v) is 4.47. The van der Waals surface area contributed by atoms with Crippen LogP contribution in [0.4, 0.5) is 0 Å². The number of nitrogens with one attached hydrogen (secondary N) is 1. The third kappa shape index (κ3) is 1.85. The van der Waals surface area contributed by atoms with Crippen molar-refractivity contribution in [3.05, 3.63) is 17.0 Å². The Labute approximate surface area is 76.5 Å². The van der Waals surface area contributed by atoms with Gasteiger partial charge in [-0.25, -0.2) is 13.1 Å². The minimum atomic E-state index is -3.22. The summed E-state index contributed by atoms with van der Waals surface area (Å²) in [6, 6.07) is 1.70. The Morgan fingerprint density at radius 2 is 2.25 bits per heavy atom. The number of aryl methyl sites for hydroxylation is 1. The molecule has 0 saturated carbocycles. The zero-order valence-corrected chi connectivity index (χ0v) is 8.63. The molecule has 1 N–H and O–H groups in total. The van der Waals surface area contributed by atoms with E-state index in [-0.39, 0.29) is 0 Å². The second-order valence-electron chi connectivity index (χ2n) is 2.34. The lowest BCUT2D eigenvalue weighted by molar-refractivity contribution is 0.590. The summed E-state index contributed by atoms with van der Waals surface area (Å²) in [5.74, 6) is 0. The molecule has 0 aliphatic carbocycles. The van der Waals surface area contributed by atoms with Gasteiger partial charge in [0.2, 0.25) is 10.0 Å². The summed E-state index contributed by atoms with van der Waals surface area (Å²) in [5.41, 5.74) is 1.06. The number of hydrogen-bond donors (Lipinski definition) is 1. The highest BCUT2D eigenvalue weighted by molar-refractivity contribution is 7.91. The van der Waals surface area contributed by atoms with Gasteiger partial charge in [-0.3, -0.25) is 0 Å². The van der Waals surface area contributed by atoms with Crippen LogP contribution in [0.3, 0.4) is 0 Å². The Morgan fingerprint density at radius 1 is 1.58 bits per heavy atom. The smallest absolute Gasteiger partial charge is 0.214 e. The predicted molar refractivity (Wildman–Crippen MR) is 49.9 cm³/mol. The molecule has 0 amide bonds. The van der Waals surface area contributed by atoms with Gasteiger partial charge in [-0.15, -0.1) is 11.3 Å². The lowest BCUT2D eigenvalue weighted by atomic mass is 10.3. The second-order valence-corrected chi connectivity index (χ2v) is 5.36. The Morgan fingerprint density at radius 3 is 2.67 bits per heavy atom. The zero-order chi connectivity index (χ0) is 9.19. The predicted octanol–water partition coefficient (Wildman–Crippen LogP) is 1.22. The molecule has 12 heavy (non-hydrogen) atoms. The van der Waals surface area contributed by atoms with Gasteiger partial charge in [0.05, 0.1) is 0 Å². The van der Waals surface area contributed by atoms with E-state index in [0.717, 1.165) is 12.0 Å². The Kier molecular flexibility index (Phi) is 2.87. The van der Waals surface area contributed by atoms with Crippen LogP contribution < -0.4 is 4.72 Å². The fourth-order valence-corrected chi connectivity index (χ4v) is 2.91. The minimum absolute atomic E-state index is 0.391. The maximum atomic E-state index is 11.2. The molecule has 0 bridgehead atoms. The highest BCUT2D eigenvalue weighted by atomic mass is 32.2. The summed E-state index contributed by atoms with van der Waals surface area (Å²) in [4.78, 5) is 0. The summed E-state index contributed by atoms with van der Waals surface area (Å²) >= 11 is 1.26. The van der Waals surface area contributed by atoms with Crippen molar-refractivity contribution in [3.63, 3.8) is 0 Å². The first-order chi connectivity index (χ1) is 5.60. The second kappa shape index (κ2) is 3.55. The molecule has 1 aromatic heterocycles. The van der Waals surface area contributed by atoms with Gasteiger partial charge >= 0.3 is 0 Å². The number of rotatable bonds is 3. The summed E-state index contributed by atoms with van der Waals surface area (Å²) in [6.45, 7) is 2.00. The molecule has 3 nitrogen and oxygen atoms in total. The Hall–Kier alpha value is -0.390. The van der Waals surface area contributed by atoms with Crippen molar-refractivity contribution in [2.24, 2.45) is 0 Å². The molecule has 1 rings (SSSR count). The van der Waals surface area contributed by atoms with Crippen molar-refractivity contribution in [2.45, 2.75) is 17.6 Å². The van der Waals surface area contributed by atoms with Gasteiger partial charge in [0.25, 0.3) is 0 Å². The quantitative estimate of drug-likeness (QED) is 0.806. The van der Waals surface area contributed by atoms with E-state index in [9.17, 15) is 8.42 Å². The number of thiophene rings is 1. The first-order valence-corrected chi connectivity index (χ1v) is 5.97. The fourth-order valence-electron chi connectivity index (χ4n) is 0.780. The van der Waals surface area contributed by atoms with E-state index in [1.165, 1.54) is 18.4 Å². The van der Waals surface area contributed by atoms with Gasteiger partial charge < -0.3 is 0 Å². The van der Waals surface area contributed by atoms with Crippen LogP contribution in [0.1, 0.15) is 12.5 Å². The van der Waals surface area contributed by atoms with E-state index < -0.39 is 10.0 Å². The first kappa shape index (κ1) is 9.70. The lowest BCUT2D eigenvalue weighted by Crippen LogP contribution is -2.17. The van der Waals surface area contributed by atoms with Crippen molar-refractivity contribution in [1.82, 2.24) is 4.72 Å². The minimum Gasteiger partial charge on any atom is -0.214 e. The maximum Gasteiger partial charge on any atom is 0.249 e. The van der Waals surface area contributed by atoms with Gasteiger partial charge in [0, 0.05) is 0 Å². The van der Waals surface area contributed by atoms with Gasteiger partial charge in [-0.1, -0.05) is 6.92 Å². The molecule has 0 unspecified atom stereocenters. The summed E-state index contributed by atoms with van der Waals surface area (Å²) in [5, 5.41) is 1.87. The summed E-state index contributed by atoms with van der Waals surface area (Å²) in [7, 11) is -1.80. The average Bonchev–Trinajstić information content (AvgIpc) is 2.52. The monoisotopic (exact) mass is 205 g/mol. The van der Waals surface area contributed by atoms with Crippen LogP contribution in [0.2, 0.25) is 0 Å². The SMILES string of the molecule is CCc1csc(S(=O)(=O)NC)c1. The van der Waals surface area contributed by atoms with Crippen LogP contribution in [0.5, 0.6) is 0 Å². The van der Waals surface area contributed by atoms with Crippen LogP contribution in [-0.4, -0.2) is 15.5 Å². The summed E-state index contributed by atoms with van der Waals surface area (Å²) in [6.07, 6.45) is 0.871. The molecule has 0 aliphatic rings. The van der Waals surface area contributed by atoms with Crippen molar-refractivity contribution in [2.75, 3.05) is 7.05 Å². The molecular formula is C7H11NO2S2. The fraction of sp³-hybridized carbons (Fsp3) is 0.429. The molecule has 0 atom stereocenters. The van der Waals surface area contributed by atoms with Crippen LogP contribution in [0.15, 0.2) is 15.7 Å². The molecule has 0 fully saturated rings. The molecule has 68 valence electrons. The number of hydrogen-bond acceptors (Lipinski definition) is 3. The van der Waals surface area contributed by atoms with Crippen LogP contribution in [0, 0.1) is 0 Å². The molecule has 0 radical (unpaired) electrons. The molecule has 0 aromatic carbocycles. The first-order valence-electron chi connectivity index (χ1n) is 3.61. The van der Waals surface area contributed by atoms with Gasteiger partial charge in [-0.2, -0.15) is 0 Å². The molecule has 0 saturated heterocycles. The van der Waals surface area contributed by atoms with E-state index in [1.54, 1.807) is 6.07 Å². The van der Waals surface area contributed by atoms with Crippen molar-refractivity contribution < 1.29 is 8.42 Å². The van der Waals surface area contributed by atoms with E-state index >= 15 is 0 Å². The highest BCUT2D eigenvalue weighted by Crippen LogP contribution is 2.19. The third-order valence-electron chi connectivity index (χ3n) is 1.57.